The van der Waals surface area contributed by atoms with Crippen LogP contribution in [0, 0.1) is 13.8 Å². The molecule has 6 heteroatoms. The van der Waals surface area contributed by atoms with Crippen molar-refractivity contribution in [1.29, 1.82) is 0 Å². The topological polar surface area (TPSA) is 68.3 Å². The van der Waals surface area contributed by atoms with Gasteiger partial charge in [-0.05, 0) is 49.4 Å². The van der Waals surface area contributed by atoms with Crippen LogP contribution >= 0.6 is 11.8 Å². The molecule has 1 amide bonds. The van der Waals surface area contributed by atoms with E-state index in [0.29, 0.717) is 10.6 Å². The van der Waals surface area contributed by atoms with Crippen LogP contribution in [0.3, 0.4) is 0 Å². The molecule has 0 aliphatic heterocycles. The summed E-state index contributed by atoms with van der Waals surface area (Å²) in [5.74, 6) is -0.930. The maximum atomic E-state index is 12.0. The van der Waals surface area contributed by atoms with E-state index in [-0.39, 0.29) is 12.5 Å². The molecule has 0 radical (unpaired) electrons. The lowest BCUT2D eigenvalue weighted by Gasteiger charge is -2.11. The van der Waals surface area contributed by atoms with E-state index in [1.807, 2.05) is 38.3 Å². The summed E-state index contributed by atoms with van der Waals surface area (Å²) >= 11 is 1.35. The summed E-state index contributed by atoms with van der Waals surface area (Å²) in [7, 11) is 0. The average Bonchev–Trinajstić information content (AvgIpc) is 2.56. The normalized spacial score (nSPS) is 10.2. The van der Waals surface area contributed by atoms with Crippen molar-refractivity contribution in [3.05, 3.63) is 53.2 Å². The van der Waals surface area contributed by atoms with Crippen LogP contribution in [0.25, 0.3) is 0 Å². The molecule has 1 heterocycles. The Morgan fingerprint density at radius 2 is 2.00 bits per heavy atom. The van der Waals surface area contributed by atoms with E-state index in [1.54, 1.807) is 18.3 Å². The standard InChI is InChI=1S/C17H18N2O3S/c1-11-6-4-8-14(12(11)2)19-15(20)10-22-17(21)13-7-5-9-18-16(13)23-3/h4-9H,10H2,1-3H3,(H,19,20). The van der Waals surface area contributed by atoms with Crippen molar-refractivity contribution in [3.8, 4) is 0 Å². The summed E-state index contributed by atoms with van der Waals surface area (Å²) in [5, 5.41) is 3.33. The van der Waals surface area contributed by atoms with Gasteiger partial charge in [0.25, 0.3) is 5.91 Å². The summed E-state index contributed by atoms with van der Waals surface area (Å²) in [4.78, 5) is 28.1. The van der Waals surface area contributed by atoms with Gasteiger partial charge in [-0.2, -0.15) is 0 Å². The highest BCUT2D eigenvalue weighted by Gasteiger charge is 2.15. The number of hydrogen-bond acceptors (Lipinski definition) is 5. The largest absolute Gasteiger partial charge is 0.452 e. The first-order valence-corrected chi connectivity index (χ1v) is 8.27. The molecular weight excluding hydrogens is 312 g/mol. The predicted octanol–water partition coefficient (Wildman–Crippen LogP) is 3.22. The number of carbonyl (C=O) groups is 2. The molecule has 0 saturated carbocycles. The van der Waals surface area contributed by atoms with Crippen LogP contribution in [-0.2, 0) is 9.53 Å². The van der Waals surface area contributed by atoms with Gasteiger partial charge in [-0.25, -0.2) is 9.78 Å². The quantitative estimate of drug-likeness (QED) is 0.673. The van der Waals surface area contributed by atoms with Gasteiger partial charge in [0, 0.05) is 11.9 Å². The van der Waals surface area contributed by atoms with Crippen molar-refractivity contribution in [2.75, 3.05) is 18.2 Å². The highest BCUT2D eigenvalue weighted by Crippen LogP contribution is 2.19. The number of nitrogens with zero attached hydrogens (tertiary/aromatic N) is 1. The van der Waals surface area contributed by atoms with Crippen LogP contribution in [0.5, 0.6) is 0 Å². The number of anilines is 1. The minimum absolute atomic E-state index is 0.338. The molecule has 1 N–H and O–H groups in total. The fourth-order valence-electron chi connectivity index (χ4n) is 1.99. The fourth-order valence-corrected chi connectivity index (χ4v) is 2.53. The monoisotopic (exact) mass is 330 g/mol. The molecule has 0 atom stereocenters. The Hall–Kier alpha value is -2.34. The number of pyridine rings is 1. The maximum Gasteiger partial charge on any atom is 0.341 e. The SMILES string of the molecule is CSc1ncccc1C(=O)OCC(=O)Nc1cccc(C)c1C. The molecule has 2 aromatic rings. The molecule has 5 nitrogen and oxygen atoms in total. The number of rotatable bonds is 5. The van der Waals surface area contributed by atoms with Crippen LogP contribution in [0.1, 0.15) is 21.5 Å². The third-order valence-corrected chi connectivity index (χ3v) is 4.11. The highest BCUT2D eigenvalue weighted by molar-refractivity contribution is 7.98. The molecule has 1 aromatic carbocycles. The first-order valence-electron chi connectivity index (χ1n) is 7.05. The van der Waals surface area contributed by atoms with Gasteiger partial charge in [0.1, 0.15) is 5.03 Å². The maximum absolute atomic E-state index is 12.0. The molecule has 0 unspecified atom stereocenters. The van der Waals surface area contributed by atoms with Crippen LogP contribution in [0.4, 0.5) is 5.69 Å². The number of thioether (sulfide) groups is 1. The second-order valence-electron chi connectivity index (χ2n) is 4.93. The number of benzene rings is 1. The molecule has 0 aliphatic rings. The number of ether oxygens (including phenoxy) is 1. The van der Waals surface area contributed by atoms with Gasteiger partial charge in [-0.1, -0.05) is 12.1 Å². The Kier molecular flexibility index (Phi) is 5.76. The Labute approximate surface area is 139 Å². The smallest absolute Gasteiger partial charge is 0.341 e. The Balaban J connectivity index is 1.96. The summed E-state index contributed by atoms with van der Waals surface area (Å²) < 4.78 is 5.07. The molecule has 1 aromatic heterocycles. The van der Waals surface area contributed by atoms with Gasteiger partial charge in [0.2, 0.25) is 0 Å². The van der Waals surface area contributed by atoms with Crippen LogP contribution in [-0.4, -0.2) is 29.7 Å². The van der Waals surface area contributed by atoms with Gasteiger partial charge in [-0.3, -0.25) is 4.79 Å². The zero-order valence-corrected chi connectivity index (χ0v) is 14.1. The fraction of sp³-hybridized carbons (Fsp3) is 0.235. The summed E-state index contributed by atoms with van der Waals surface area (Å²) in [6.07, 6.45) is 3.43. The van der Waals surface area contributed by atoms with E-state index in [2.05, 4.69) is 10.3 Å². The zero-order valence-electron chi connectivity index (χ0n) is 13.3. The predicted molar refractivity (Wildman–Crippen MR) is 90.8 cm³/mol. The first kappa shape index (κ1) is 17.0. The minimum Gasteiger partial charge on any atom is -0.452 e. The first-order chi connectivity index (χ1) is 11.0. The second kappa shape index (κ2) is 7.78. The summed E-state index contributed by atoms with van der Waals surface area (Å²) in [6, 6.07) is 8.94. The molecule has 2 rings (SSSR count). The van der Waals surface area contributed by atoms with E-state index < -0.39 is 5.97 Å². The molecule has 0 saturated heterocycles. The molecule has 120 valence electrons. The average molecular weight is 330 g/mol. The molecule has 0 bridgehead atoms. The van der Waals surface area contributed by atoms with Crippen molar-refractivity contribution in [1.82, 2.24) is 4.98 Å². The molecule has 0 fully saturated rings. The van der Waals surface area contributed by atoms with Crippen molar-refractivity contribution < 1.29 is 14.3 Å². The van der Waals surface area contributed by atoms with Crippen molar-refractivity contribution in [2.24, 2.45) is 0 Å². The molecule has 23 heavy (non-hydrogen) atoms. The molecule has 0 spiro atoms. The summed E-state index contributed by atoms with van der Waals surface area (Å²) in [6.45, 7) is 3.56. The van der Waals surface area contributed by atoms with E-state index in [9.17, 15) is 9.59 Å². The molecular formula is C17H18N2O3S. The van der Waals surface area contributed by atoms with Gasteiger partial charge in [0.15, 0.2) is 6.61 Å². The van der Waals surface area contributed by atoms with Gasteiger partial charge < -0.3 is 10.1 Å². The Morgan fingerprint density at radius 1 is 1.22 bits per heavy atom. The van der Waals surface area contributed by atoms with E-state index >= 15 is 0 Å². The number of hydrogen-bond donors (Lipinski definition) is 1. The van der Waals surface area contributed by atoms with Crippen molar-refractivity contribution >= 4 is 29.3 Å². The van der Waals surface area contributed by atoms with Gasteiger partial charge >= 0.3 is 5.97 Å². The van der Waals surface area contributed by atoms with Crippen LogP contribution in [0.15, 0.2) is 41.6 Å². The van der Waals surface area contributed by atoms with E-state index in [0.717, 1.165) is 16.8 Å². The van der Waals surface area contributed by atoms with Gasteiger partial charge in [0.05, 0.1) is 5.56 Å². The number of aromatic nitrogens is 1. The highest BCUT2D eigenvalue weighted by atomic mass is 32.2. The lowest BCUT2D eigenvalue weighted by molar-refractivity contribution is -0.119. The number of esters is 1. The third-order valence-electron chi connectivity index (χ3n) is 3.40. The Bertz CT molecular complexity index is 732. The third kappa shape index (κ3) is 4.32. The summed E-state index contributed by atoms with van der Waals surface area (Å²) in [5.41, 5.74) is 3.15. The van der Waals surface area contributed by atoms with E-state index in [4.69, 9.17) is 4.74 Å². The Morgan fingerprint density at radius 3 is 2.74 bits per heavy atom. The number of carbonyl (C=O) groups excluding carboxylic acids is 2. The lowest BCUT2D eigenvalue weighted by atomic mass is 10.1. The van der Waals surface area contributed by atoms with Crippen LogP contribution in [0.2, 0.25) is 0 Å². The second-order valence-corrected chi connectivity index (χ2v) is 5.73. The number of amides is 1. The number of nitrogens with one attached hydrogen (secondary N) is 1. The molecule has 0 aliphatic carbocycles. The minimum atomic E-state index is -0.557. The van der Waals surface area contributed by atoms with Crippen molar-refractivity contribution in [2.45, 2.75) is 18.9 Å². The van der Waals surface area contributed by atoms with Crippen LogP contribution < -0.4 is 5.32 Å². The number of aryl methyl sites for hydroxylation is 1. The van der Waals surface area contributed by atoms with E-state index in [1.165, 1.54) is 11.8 Å². The van der Waals surface area contributed by atoms with Gasteiger partial charge in [-0.15, -0.1) is 11.8 Å². The van der Waals surface area contributed by atoms with Crippen molar-refractivity contribution in [3.63, 3.8) is 0 Å². The lowest BCUT2D eigenvalue weighted by Crippen LogP contribution is -2.21. The zero-order chi connectivity index (χ0) is 16.8.